The molecule has 62 heavy (non-hydrogen) atoms. The predicted molar refractivity (Wildman–Crippen MR) is 226 cm³/mol. The van der Waals surface area contributed by atoms with Gasteiger partial charge < -0.3 is 35.1 Å². The maximum atomic E-state index is 13.3. The quantitative estimate of drug-likeness (QED) is 0.0545. The van der Waals surface area contributed by atoms with Gasteiger partial charge in [0.25, 0.3) is 23.6 Å². The summed E-state index contributed by atoms with van der Waals surface area (Å²) in [5.41, 5.74) is 4.64. The lowest BCUT2D eigenvalue weighted by molar-refractivity contribution is -0.137. The van der Waals surface area contributed by atoms with E-state index in [-0.39, 0.29) is 60.5 Å². The number of aromatic nitrogens is 2. The fourth-order valence-corrected chi connectivity index (χ4v) is 7.54. The van der Waals surface area contributed by atoms with Gasteiger partial charge in [0.05, 0.1) is 35.1 Å². The van der Waals surface area contributed by atoms with Crippen LogP contribution in [0.2, 0.25) is 0 Å². The van der Waals surface area contributed by atoms with Gasteiger partial charge in [-0.25, -0.2) is 0 Å². The summed E-state index contributed by atoms with van der Waals surface area (Å²) in [6.45, 7) is 0.0319. The highest BCUT2D eigenvalue weighted by atomic mass is 32.2. The smallest absolute Gasteiger partial charge is 0.306 e. The predicted octanol–water partition coefficient (Wildman–Crippen LogP) is 3.20. The maximum absolute atomic E-state index is 13.3. The molecular formula is C43H42N8O10S. The summed E-state index contributed by atoms with van der Waals surface area (Å²) in [6.07, 6.45) is 5.19. The molecule has 4 heterocycles. The van der Waals surface area contributed by atoms with Crippen molar-refractivity contribution in [3.63, 3.8) is 0 Å². The van der Waals surface area contributed by atoms with Crippen LogP contribution in [0.3, 0.4) is 0 Å². The van der Waals surface area contributed by atoms with E-state index in [0.29, 0.717) is 41.7 Å². The molecule has 0 aliphatic carbocycles. The zero-order valence-corrected chi connectivity index (χ0v) is 34.5. The summed E-state index contributed by atoms with van der Waals surface area (Å²) >= 11 is 0. The zero-order valence-electron chi connectivity index (χ0n) is 33.6. The second-order valence-corrected chi connectivity index (χ2v) is 16.1. The molecular weight excluding hydrogens is 821 g/mol. The van der Waals surface area contributed by atoms with Crippen LogP contribution in [0, 0.1) is 0 Å². The molecule has 320 valence electrons. The maximum Gasteiger partial charge on any atom is 0.306 e. The van der Waals surface area contributed by atoms with E-state index in [1.807, 2.05) is 48.5 Å². The number of anilines is 2. The highest BCUT2D eigenvalue weighted by Gasteiger charge is 2.41. The average Bonchev–Trinajstić information content (AvgIpc) is 3.58. The number of hydrogen-bond donors (Lipinski definition) is 5. The third-order valence-corrected chi connectivity index (χ3v) is 10.6. The van der Waals surface area contributed by atoms with Crippen LogP contribution in [0.1, 0.15) is 62.5 Å². The number of nitrogens with one attached hydrogen (secondary N) is 5. The molecule has 6 amide bonds. The fourth-order valence-electron chi connectivity index (χ4n) is 7.10. The first-order valence-corrected chi connectivity index (χ1v) is 21.4. The average molecular weight is 863 g/mol. The van der Waals surface area contributed by atoms with E-state index in [0.717, 1.165) is 28.5 Å². The van der Waals surface area contributed by atoms with Gasteiger partial charge >= 0.3 is 10.1 Å². The van der Waals surface area contributed by atoms with E-state index in [9.17, 15) is 37.2 Å². The van der Waals surface area contributed by atoms with Crippen molar-refractivity contribution in [3.05, 3.63) is 108 Å². The molecule has 18 nitrogen and oxygen atoms in total. The minimum Gasteiger partial charge on any atom is -0.483 e. The first-order chi connectivity index (χ1) is 29.8. The molecule has 2 aliphatic rings. The number of piperidine rings is 1. The number of unbranched alkanes of at least 4 members (excludes halogenated alkanes) is 1. The number of benzene rings is 3. The highest BCUT2D eigenvalue weighted by molar-refractivity contribution is 7.86. The first kappa shape index (κ1) is 42.7. The van der Waals surface area contributed by atoms with Crippen LogP contribution < -0.4 is 35.5 Å². The fraction of sp³-hybridized carbons (Fsp3) is 0.256. The Labute approximate surface area is 355 Å². The van der Waals surface area contributed by atoms with Crippen LogP contribution in [0.4, 0.5) is 11.4 Å². The molecule has 0 spiro atoms. The van der Waals surface area contributed by atoms with Gasteiger partial charge in [0, 0.05) is 67.2 Å². The van der Waals surface area contributed by atoms with Crippen molar-refractivity contribution in [2.45, 2.75) is 38.3 Å². The second kappa shape index (κ2) is 18.5. The van der Waals surface area contributed by atoms with Gasteiger partial charge in [-0.3, -0.25) is 44.1 Å². The van der Waals surface area contributed by atoms with Gasteiger partial charge in [0.2, 0.25) is 11.8 Å². The number of hydrogen-bond acceptors (Lipinski definition) is 13. The lowest BCUT2D eigenvalue weighted by atomic mass is 10.0. The largest absolute Gasteiger partial charge is 0.483 e. The minimum absolute atomic E-state index is 0.0279. The van der Waals surface area contributed by atoms with E-state index in [1.54, 1.807) is 25.4 Å². The first-order valence-electron chi connectivity index (χ1n) is 19.6. The third kappa shape index (κ3) is 9.95. The van der Waals surface area contributed by atoms with Crippen LogP contribution >= 0.6 is 0 Å². The van der Waals surface area contributed by atoms with Gasteiger partial charge in [0.15, 0.2) is 6.61 Å². The Morgan fingerprint density at radius 1 is 0.887 bits per heavy atom. The number of fused-ring (bicyclic) bond motifs is 2. The van der Waals surface area contributed by atoms with Gasteiger partial charge in [-0.1, -0.05) is 30.3 Å². The molecule has 19 heteroatoms. The topological polar surface area (TPSA) is 244 Å². The molecule has 0 saturated carbocycles. The Bertz CT molecular complexity index is 2700. The molecule has 5 aromatic rings. The Hall–Kier alpha value is -7.41. The summed E-state index contributed by atoms with van der Waals surface area (Å²) in [6, 6.07) is 20.1. The van der Waals surface area contributed by atoms with Gasteiger partial charge in [-0.05, 0) is 61.2 Å². The number of carbonyl (C=O) groups excluding carboxylic acids is 6. The molecule has 0 radical (unpaired) electrons. The number of amides is 6. The molecule has 2 aliphatic heterocycles. The number of ether oxygens (including phenoxy) is 1. The summed E-state index contributed by atoms with van der Waals surface area (Å²) < 4.78 is 34.5. The molecule has 1 atom stereocenters. The van der Waals surface area contributed by atoms with Crippen molar-refractivity contribution in [3.8, 4) is 22.6 Å². The van der Waals surface area contributed by atoms with Crippen LogP contribution in [0.5, 0.6) is 11.5 Å². The van der Waals surface area contributed by atoms with Crippen molar-refractivity contribution in [1.29, 1.82) is 0 Å². The molecule has 0 bridgehead atoms. The number of imide groups is 1. The SMILES string of the molecule is CNC(=O)c1cnc2ccc(-c3ccc(C(=O)NCCCCNC(=O)COc4cc(OS(C)(=O)=O)cc5c4CN(C4CCC(=O)NC4=O)C5=O)nc3)cc2c1Nc1ccccc1. The molecule has 2 aromatic heterocycles. The van der Waals surface area contributed by atoms with Gasteiger partial charge in [-0.2, -0.15) is 8.42 Å². The van der Waals surface area contributed by atoms with Crippen LogP contribution in [-0.2, 0) is 31.0 Å². The second-order valence-electron chi connectivity index (χ2n) is 14.5. The van der Waals surface area contributed by atoms with E-state index >= 15 is 0 Å². The highest BCUT2D eigenvalue weighted by Crippen LogP contribution is 2.38. The van der Waals surface area contributed by atoms with Crippen molar-refractivity contribution in [2.75, 3.05) is 38.3 Å². The summed E-state index contributed by atoms with van der Waals surface area (Å²) in [7, 11) is -2.43. The van der Waals surface area contributed by atoms with Gasteiger partial charge in [0.1, 0.15) is 23.2 Å². The number of pyridine rings is 2. The minimum atomic E-state index is -3.99. The van der Waals surface area contributed by atoms with Crippen LogP contribution in [0.25, 0.3) is 22.0 Å². The van der Waals surface area contributed by atoms with E-state index in [1.165, 1.54) is 23.2 Å². The number of rotatable bonds is 16. The van der Waals surface area contributed by atoms with Crippen molar-refractivity contribution < 1.29 is 46.1 Å². The number of nitrogens with zero attached hydrogens (tertiary/aromatic N) is 3. The zero-order chi connectivity index (χ0) is 44.0. The normalized spacial score (nSPS) is 14.8. The van der Waals surface area contributed by atoms with Crippen LogP contribution in [-0.4, -0.2) is 97.8 Å². The summed E-state index contributed by atoms with van der Waals surface area (Å²) in [5, 5.41) is 14.5. The molecule has 1 fully saturated rings. The molecule has 5 N–H and O–H groups in total. The standard InChI is InChI=1S/C43H42N8O10S/c1-44-40(54)31-22-48-33-12-10-25(18-30(33)39(31)49-27-8-4-3-5-9-27)26-11-13-34(47-21-26)41(55)46-17-7-6-16-45-38(53)24-60-36-20-28(61-62(2,58)59)19-29-32(36)23-51(43(29)57)35-14-15-37(52)50-42(35)56/h3-5,8-13,18-22,35H,6-7,14-17,23-24H2,1-2H3,(H,44,54)(H,45,53)(H,46,55)(H,48,49)(H,50,52,56). The Balaban J connectivity index is 0.901. The lowest BCUT2D eigenvalue weighted by Gasteiger charge is -2.29. The molecule has 3 aromatic carbocycles. The van der Waals surface area contributed by atoms with Crippen molar-refractivity contribution >= 4 is 67.8 Å². The van der Waals surface area contributed by atoms with Crippen LogP contribution in [0.15, 0.2) is 85.2 Å². The van der Waals surface area contributed by atoms with E-state index in [2.05, 4.69) is 36.6 Å². The Morgan fingerprint density at radius 2 is 1.65 bits per heavy atom. The molecule has 1 saturated heterocycles. The van der Waals surface area contributed by atoms with E-state index in [4.69, 9.17) is 8.92 Å². The summed E-state index contributed by atoms with van der Waals surface area (Å²) in [5.74, 6) is -2.97. The van der Waals surface area contributed by atoms with Crippen molar-refractivity contribution in [2.24, 2.45) is 0 Å². The van der Waals surface area contributed by atoms with Gasteiger partial charge in [-0.15, -0.1) is 0 Å². The Kier molecular flexibility index (Phi) is 12.7. The Morgan fingerprint density at radius 3 is 2.35 bits per heavy atom. The van der Waals surface area contributed by atoms with Crippen molar-refractivity contribution in [1.82, 2.24) is 36.1 Å². The number of carbonyl (C=O) groups is 6. The van der Waals surface area contributed by atoms with E-state index < -0.39 is 46.4 Å². The monoisotopic (exact) mass is 862 g/mol. The molecule has 7 rings (SSSR count). The number of para-hydroxylation sites is 1. The summed E-state index contributed by atoms with van der Waals surface area (Å²) in [4.78, 5) is 86.1. The lowest BCUT2D eigenvalue weighted by Crippen LogP contribution is -2.52. The molecule has 1 unspecified atom stereocenters. The third-order valence-electron chi connectivity index (χ3n) is 10.1.